The van der Waals surface area contributed by atoms with Gasteiger partial charge in [-0.15, -0.1) is 0 Å². The van der Waals surface area contributed by atoms with Crippen LogP contribution >= 0.6 is 0 Å². The molecule has 0 spiro atoms. The first-order valence-corrected chi connectivity index (χ1v) is 9.29. The minimum absolute atomic E-state index is 0.0207. The van der Waals surface area contributed by atoms with Crippen molar-refractivity contribution in [1.29, 1.82) is 0 Å². The largest absolute Gasteiger partial charge is 0.368 e. The van der Waals surface area contributed by atoms with Crippen LogP contribution in [-0.2, 0) is 5.54 Å². The third-order valence-electron chi connectivity index (χ3n) is 5.64. The normalized spacial score (nSPS) is 19.0. The molecule has 1 aliphatic heterocycles. The van der Waals surface area contributed by atoms with Crippen LogP contribution in [0.5, 0.6) is 0 Å². The van der Waals surface area contributed by atoms with Gasteiger partial charge in [-0.05, 0) is 49.1 Å². The van der Waals surface area contributed by atoms with Crippen molar-refractivity contribution in [2.24, 2.45) is 0 Å². The van der Waals surface area contributed by atoms with Gasteiger partial charge in [0.25, 0.3) is 0 Å². The smallest absolute Gasteiger partial charge is 0.318 e. The second-order valence-electron chi connectivity index (χ2n) is 7.18. The van der Waals surface area contributed by atoms with Crippen molar-refractivity contribution in [3.05, 3.63) is 66.0 Å². The fourth-order valence-electron chi connectivity index (χ4n) is 3.88. The molecular formula is C21H24FN3O. The van der Waals surface area contributed by atoms with E-state index >= 15 is 0 Å². The molecule has 2 aliphatic rings. The molecule has 2 aromatic carbocycles. The molecule has 136 valence electrons. The quantitative estimate of drug-likeness (QED) is 0.912. The van der Waals surface area contributed by atoms with Gasteiger partial charge >= 0.3 is 6.03 Å². The minimum atomic E-state index is -0.224. The van der Waals surface area contributed by atoms with Crippen LogP contribution in [0.25, 0.3) is 0 Å². The molecule has 0 atom stereocenters. The van der Waals surface area contributed by atoms with E-state index in [1.54, 1.807) is 12.1 Å². The standard InChI is InChI=1S/C21H24FN3O/c22-18-7-9-19(10-8-18)24-13-15-25(16-14-24)20(26)23-21(11-4-12-21)17-5-2-1-3-6-17/h1-3,5-10H,4,11-16H2,(H,23,26). The van der Waals surface area contributed by atoms with Crippen molar-refractivity contribution < 1.29 is 9.18 Å². The zero-order valence-electron chi connectivity index (χ0n) is 14.8. The lowest BCUT2D eigenvalue weighted by Gasteiger charge is -2.45. The molecule has 2 amide bonds. The molecule has 0 radical (unpaired) electrons. The summed E-state index contributed by atoms with van der Waals surface area (Å²) in [5, 5.41) is 3.30. The molecule has 1 N–H and O–H groups in total. The molecule has 0 bridgehead atoms. The van der Waals surface area contributed by atoms with Crippen LogP contribution in [0.1, 0.15) is 24.8 Å². The zero-order chi connectivity index (χ0) is 18.0. The number of nitrogens with zero attached hydrogens (tertiary/aromatic N) is 2. The molecule has 1 aliphatic carbocycles. The molecular weight excluding hydrogens is 329 g/mol. The highest BCUT2D eigenvalue weighted by atomic mass is 19.1. The molecule has 5 heteroatoms. The number of carbonyl (C=O) groups excluding carboxylic acids is 1. The summed E-state index contributed by atoms with van der Waals surface area (Å²) in [6.07, 6.45) is 3.14. The van der Waals surface area contributed by atoms with Gasteiger partial charge in [0, 0.05) is 31.9 Å². The number of piperazine rings is 1. The Labute approximate surface area is 153 Å². The van der Waals surface area contributed by atoms with Gasteiger partial charge < -0.3 is 15.1 Å². The maximum atomic E-state index is 13.1. The number of amides is 2. The number of hydrogen-bond acceptors (Lipinski definition) is 2. The number of anilines is 1. The molecule has 1 saturated heterocycles. The van der Waals surface area contributed by atoms with E-state index in [0.29, 0.717) is 13.1 Å². The van der Waals surface area contributed by atoms with E-state index in [9.17, 15) is 9.18 Å². The number of benzene rings is 2. The van der Waals surface area contributed by atoms with E-state index < -0.39 is 0 Å². The summed E-state index contributed by atoms with van der Waals surface area (Å²) in [6, 6.07) is 16.8. The van der Waals surface area contributed by atoms with Gasteiger partial charge in [0.2, 0.25) is 0 Å². The van der Waals surface area contributed by atoms with Crippen LogP contribution in [0.15, 0.2) is 54.6 Å². The fourth-order valence-corrected chi connectivity index (χ4v) is 3.88. The summed E-state index contributed by atoms with van der Waals surface area (Å²) in [5.74, 6) is -0.224. The molecule has 1 heterocycles. The first-order chi connectivity index (χ1) is 12.7. The average molecular weight is 353 g/mol. The van der Waals surface area contributed by atoms with E-state index in [0.717, 1.165) is 38.0 Å². The van der Waals surface area contributed by atoms with Gasteiger partial charge in [-0.2, -0.15) is 0 Å². The van der Waals surface area contributed by atoms with Crippen molar-refractivity contribution >= 4 is 11.7 Å². The number of carbonyl (C=O) groups is 1. The fraction of sp³-hybridized carbons (Fsp3) is 0.381. The molecule has 4 nitrogen and oxygen atoms in total. The second kappa shape index (κ2) is 6.98. The van der Waals surface area contributed by atoms with E-state index in [4.69, 9.17) is 0 Å². The van der Waals surface area contributed by atoms with Crippen molar-refractivity contribution in [1.82, 2.24) is 10.2 Å². The second-order valence-corrected chi connectivity index (χ2v) is 7.18. The van der Waals surface area contributed by atoms with Gasteiger partial charge in [0.1, 0.15) is 5.82 Å². The van der Waals surface area contributed by atoms with Gasteiger partial charge in [-0.25, -0.2) is 9.18 Å². The summed E-state index contributed by atoms with van der Waals surface area (Å²) in [5.41, 5.74) is 2.00. The Bertz CT molecular complexity index is 751. The van der Waals surface area contributed by atoms with Crippen molar-refractivity contribution in [2.75, 3.05) is 31.1 Å². The van der Waals surface area contributed by atoms with Crippen LogP contribution in [-0.4, -0.2) is 37.1 Å². The van der Waals surface area contributed by atoms with Crippen molar-refractivity contribution in [2.45, 2.75) is 24.8 Å². The molecule has 1 saturated carbocycles. The third kappa shape index (κ3) is 3.26. The number of rotatable bonds is 3. The monoisotopic (exact) mass is 353 g/mol. The Balaban J connectivity index is 1.37. The van der Waals surface area contributed by atoms with E-state index in [1.807, 2.05) is 23.1 Å². The van der Waals surface area contributed by atoms with Gasteiger partial charge in [0.05, 0.1) is 5.54 Å². The first-order valence-electron chi connectivity index (χ1n) is 9.29. The molecule has 0 aromatic heterocycles. The van der Waals surface area contributed by atoms with E-state index in [2.05, 4.69) is 22.3 Å². The summed E-state index contributed by atoms with van der Waals surface area (Å²) in [7, 11) is 0. The molecule has 0 unspecified atom stereocenters. The maximum absolute atomic E-state index is 13.1. The Morgan fingerprint density at radius 1 is 0.923 bits per heavy atom. The molecule has 2 fully saturated rings. The number of halogens is 1. The number of urea groups is 1. The Kier molecular flexibility index (Phi) is 4.53. The molecule has 26 heavy (non-hydrogen) atoms. The minimum Gasteiger partial charge on any atom is -0.368 e. The summed E-state index contributed by atoms with van der Waals surface area (Å²) >= 11 is 0. The van der Waals surface area contributed by atoms with Crippen LogP contribution in [0, 0.1) is 5.82 Å². The lowest BCUT2D eigenvalue weighted by atomic mass is 9.72. The predicted molar refractivity (Wildman–Crippen MR) is 101 cm³/mol. The van der Waals surface area contributed by atoms with Gasteiger partial charge in [0.15, 0.2) is 0 Å². The zero-order valence-corrected chi connectivity index (χ0v) is 14.8. The highest BCUT2D eigenvalue weighted by Crippen LogP contribution is 2.41. The van der Waals surface area contributed by atoms with Gasteiger partial charge in [-0.3, -0.25) is 0 Å². The van der Waals surface area contributed by atoms with Crippen LogP contribution in [0.2, 0.25) is 0 Å². The van der Waals surface area contributed by atoms with Crippen LogP contribution < -0.4 is 10.2 Å². The van der Waals surface area contributed by atoms with E-state index in [1.165, 1.54) is 17.7 Å². The number of nitrogens with one attached hydrogen (secondary N) is 1. The van der Waals surface area contributed by atoms with Crippen LogP contribution in [0.4, 0.5) is 14.9 Å². The summed E-state index contributed by atoms with van der Waals surface area (Å²) in [4.78, 5) is 16.9. The van der Waals surface area contributed by atoms with Crippen molar-refractivity contribution in [3.8, 4) is 0 Å². The SMILES string of the molecule is O=C(NC1(c2ccccc2)CCC1)N1CCN(c2ccc(F)cc2)CC1. The Morgan fingerprint density at radius 3 is 2.15 bits per heavy atom. The Hall–Kier alpha value is -2.56. The predicted octanol–water partition coefficient (Wildman–Crippen LogP) is 3.74. The third-order valence-corrected chi connectivity index (χ3v) is 5.64. The average Bonchev–Trinajstić information content (AvgIpc) is 2.66. The van der Waals surface area contributed by atoms with Crippen molar-refractivity contribution in [3.63, 3.8) is 0 Å². The lowest BCUT2D eigenvalue weighted by molar-refractivity contribution is 0.147. The number of hydrogen-bond donors (Lipinski definition) is 1. The highest BCUT2D eigenvalue weighted by molar-refractivity contribution is 5.76. The topological polar surface area (TPSA) is 35.6 Å². The summed E-state index contributed by atoms with van der Waals surface area (Å²) < 4.78 is 13.1. The summed E-state index contributed by atoms with van der Waals surface area (Å²) in [6.45, 7) is 2.87. The Morgan fingerprint density at radius 2 is 1.58 bits per heavy atom. The maximum Gasteiger partial charge on any atom is 0.318 e. The van der Waals surface area contributed by atoms with Crippen LogP contribution in [0.3, 0.4) is 0 Å². The highest BCUT2D eigenvalue weighted by Gasteiger charge is 2.41. The molecule has 4 rings (SSSR count). The first kappa shape index (κ1) is 16.9. The van der Waals surface area contributed by atoms with E-state index in [-0.39, 0.29) is 17.4 Å². The lowest BCUT2D eigenvalue weighted by Crippen LogP contribution is -2.58. The van der Waals surface area contributed by atoms with Gasteiger partial charge in [-0.1, -0.05) is 30.3 Å². The molecule has 2 aromatic rings.